The number of nitro groups is 1. The first-order valence-corrected chi connectivity index (χ1v) is 7.14. The molecule has 0 fully saturated rings. The number of hydrogen-bond acceptors (Lipinski definition) is 5. The Kier molecular flexibility index (Phi) is 5.66. The van der Waals surface area contributed by atoms with E-state index < -0.39 is 46.1 Å². The summed E-state index contributed by atoms with van der Waals surface area (Å²) in [5.41, 5.74) is 1.34. The van der Waals surface area contributed by atoms with E-state index in [9.17, 15) is 41.3 Å². The van der Waals surface area contributed by atoms with Crippen LogP contribution < -0.4 is 15.6 Å². The molecule has 1 amide bonds. The number of anilines is 1. The van der Waals surface area contributed by atoms with Gasteiger partial charge in [0.2, 0.25) is 0 Å². The molecule has 0 aliphatic rings. The minimum absolute atomic E-state index is 0.142. The molecule has 0 saturated carbocycles. The number of carbonyl (C=O) groups is 1. The van der Waals surface area contributed by atoms with E-state index in [1.165, 1.54) is 0 Å². The van der Waals surface area contributed by atoms with Crippen molar-refractivity contribution in [3.8, 4) is 5.75 Å². The Hall–Kier alpha value is -3.51. The molecule has 13 heteroatoms. The predicted octanol–water partition coefficient (Wildman–Crippen LogP) is 4.27. The number of hydrazine groups is 1. The minimum atomic E-state index is -4.91. The lowest BCUT2D eigenvalue weighted by Gasteiger charge is -2.12. The number of hydrogen-bond donors (Lipinski definition) is 2. The molecular weight excluding hydrogens is 400 g/mol. The molecule has 2 N–H and O–H groups in total. The van der Waals surface area contributed by atoms with E-state index in [-0.39, 0.29) is 11.6 Å². The van der Waals surface area contributed by atoms with Gasteiger partial charge in [-0.1, -0.05) is 0 Å². The molecule has 0 aliphatic heterocycles. The van der Waals surface area contributed by atoms with Crippen LogP contribution in [-0.4, -0.2) is 17.2 Å². The van der Waals surface area contributed by atoms with E-state index in [1.807, 2.05) is 5.43 Å². The molecule has 2 rings (SSSR count). The van der Waals surface area contributed by atoms with Crippen molar-refractivity contribution in [1.82, 2.24) is 5.43 Å². The van der Waals surface area contributed by atoms with Crippen molar-refractivity contribution in [3.63, 3.8) is 0 Å². The molecule has 0 heterocycles. The second-order valence-electron chi connectivity index (χ2n) is 5.14. The summed E-state index contributed by atoms with van der Waals surface area (Å²) in [6, 6.07) is 5.31. The average Bonchev–Trinajstić information content (AvgIpc) is 2.57. The Morgan fingerprint density at radius 3 is 2.11 bits per heavy atom. The number of nitrogens with zero attached hydrogens (tertiary/aromatic N) is 1. The number of alkyl halides is 6. The van der Waals surface area contributed by atoms with Gasteiger partial charge in [-0.2, -0.15) is 13.2 Å². The summed E-state index contributed by atoms with van der Waals surface area (Å²) in [5.74, 6) is -1.48. The molecule has 28 heavy (non-hydrogen) atoms. The van der Waals surface area contributed by atoms with Gasteiger partial charge in [-0.15, -0.1) is 13.2 Å². The van der Waals surface area contributed by atoms with Gasteiger partial charge in [0.25, 0.3) is 11.6 Å². The van der Waals surface area contributed by atoms with E-state index in [2.05, 4.69) is 10.2 Å². The second-order valence-corrected chi connectivity index (χ2v) is 5.14. The lowest BCUT2D eigenvalue weighted by molar-refractivity contribution is -0.384. The first-order valence-electron chi connectivity index (χ1n) is 7.14. The minimum Gasteiger partial charge on any atom is -0.406 e. The fourth-order valence-corrected chi connectivity index (χ4v) is 1.97. The van der Waals surface area contributed by atoms with Gasteiger partial charge >= 0.3 is 12.5 Å². The number of halogens is 6. The summed E-state index contributed by atoms with van der Waals surface area (Å²) in [6.07, 6.45) is -9.71. The summed E-state index contributed by atoms with van der Waals surface area (Å²) in [4.78, 5) is 21.8. The first-order chi connectivity index (χ1) is 12.9. The molecule has 0 aromatic heterocycles. The molecule has 0 unspecified atom stereocenters. The third-order valence-electron chi connectivity index (χ3n) is 3.18. The highest BCUT2D eigenvalue weighted by Gasteiger charge is 2.33. The fraction of sp³-hybridized carbons (Fsp3) is 0.133. The average molecular weight is 409 g/mol. The van der Waals surface area contributed by atoms with Crippen molar-refractivity contribution in [3.05, 3.63) is 63.7 Å². The second kappa shape index (κ2) is 7.62. The zero-order valence-electron chi connectivity index (χ0n) is 13.4. The molecule has 2 aromatic carbocycles. The molecule has 150 valence electrons. The van der Waals surface area contributed by atoms with Gasteiger partial charge in [0.05, 0.1) is 10.5 Å². The van der Waals surface area contributed by atoms with Crippen LogP contribution >= 0.6 is 0 Å². The summed E-state index contributed by atoms with van der Waals surface area (Å²) in [5, 5.41) is 10.9. The van der Waals surface area contributed by atoms with Gasteiger partial charge < -0.3 is 4.74 Å². The van der Waals surface area contributed by atoms with Crippen LogP contribution in [0, 0.1) is 10.1 Å². The summed E-state index contributed by atoms with van der Waals surface area (Å²) in [7, 11) is 0. The molecule has 2 aromatic rings. The van der Waals surface area contributed by atoms with Gasteiger partial charge in [0, 0.05) is 11.6 Å². The maximum absolute atomic E-state index is 12.6. The fourth-order valence-electron chi connectivity index (χ4n) is 1.97. The number of rotatable bonds is 5. The standard InChI is InChI=1S/C15H9F6N3O4/c16-14(17,18)9-3-6-11(12(7-9)24(26)27)22-23-13(25)8-1-4-10(5-2-8)28-15(19,20)21/h1-7,22H,(H,23,25). The number of nitro benzene ring substituents is 1. The van der Waals surface area contributed by atoms with Crippen LogP contribution in [0.3, 0.4) is 0 Å². The monoisotopic (exact) mass is 409 g/mol. The van der Waals surface area contributed by atoms with Crippen LogP contribution in [0.2, 0.25) is 0 Å². The zero-order valence-corrected chi connectivity index (χ0v) is 13.4. The smallest absolute Gasteiger partial charge is 0.406 e. The molecule has 0 atom stereocenters. The molecule has 0 spiro atoms. The van der Waals surface area contributed by atoms with Gasteiger partial charge in [0.1, 0.15) is 11.4 Å². The van der Waals surface area contributed by atoms with Crippen molar-refractivity contribution in [2.75, 3.05) is 5.43 Å². The topological polar surface area (TPSA) is 93.5 Å². The van der Waals surface area contributed by atoms with Gasteiger partial charge in [-0.3, -0.25) is 25.8 Å². The SMILES string of the molecule is O=C(NNc1ccc(C(F)(F)F)cc1[N+](=O)[O-])c1ccc(OC(F)(F)F)cc1. The Balaban J connectivity index is 2.11. The predicted molar refractivity (Wildman–Crippen MR) is 82.3 cm³/mol. The Bertz CT molecular complexity index is 881. The van der Waals surface area contributed by atoms with Crippen molar-refractivity contribution >= 4 is 17.3 Å². The van der Waals surface area contributed by atoms with Crippen LogP contribution in [-0.2, 0) is 6.18 Å². The van der Waals surface area contributed by atoms with Crippen LogP contribution in [0.15, 0.2) is 42.5 Å². The Morgan fingerprint density at radius 1 is 1.00 bits per heavy atom. The van der Waals surface area contributed by atoms with E-state index in [0.717, 1.165) is 30.3 Å². The Labute approximate surface area is 152 Å². The largest absolute Gasteiger partial charge is 0.573 e. The zero-order chi connectivity index (χ0) is 21.1. The van der Waals surface area contributed by atoms with E-state index in [4.69, 9.17) is 0 Å². The number of carbonyl (C=O) groups excluding carboxylic acids is 1. The highest BCUT2D eigenvalue weighted by Crippen LogP contribution is 2.34. The number of ether oxygens (including phenoxy) is 1. The summed E-state index contributed by atoms with van der Waals surface area (Å²) < 4.78 is 77.8. The number of amides is 1. The molecule has 0 aliphatic carbocycles. The lowest BCUT2D eigenvalue weighted by Crippen LogP contribution is -2.29. The third kappa shape index (κ3) is 5.49. The van der Waals surface area contributed by atoms with Crippen molar-refractivity contribution in [2.45, 2.75) is 12.5 Å². The summed E-state index contributed by atoms with van der Waals surface area (Å²) >= 11 is 0. The molecule has 0 radical (unpaired) electrons. The quantitative estimate of drug-likeness (QED) is 0.437. The molecule has 0 bridgehead atoms. The highest BCUT2D eigenvalue weighted by molar-refractivity contribution is 5.95. The number of benzene rings is 2. The molecule has 0 saturated heterocycles. The van der Waals surface area contributed by atoms with Crippen LogP contribution in [0.4, 0.5) is 37.7 Å². The first kappa shape index (κ1) is 20.8. The van der Waals surface area contributed by atoms with E-state index in [1.54, 1.807) is 0 Å². The lowest BCUT2D eigenvalue weighted by atomic mass is 10.1. The van der Waals surface area contributed by atoms with Crippen molar-refractivity contribution in [2.24, 2.45) is 0 Å². The van der Waals surface area contributed by atoms with Gasteiger partial charge in [0.15, 0.2) is 0 Å². The van der Waals surface area contributed by atoms with Crippen molar-refractivity contribution < 1.29 is 40.8 Å². The van der Waals surface area contributed by atoms with Gasteiger partial charge in [-0.05, 0) is 36.4 Å². The Morgan fingerprint density at radius 2 is 1.61 bits per heavy atom. The molecule has 7 nitrogen and oxygen atoms in total. The maximum Gasteiger partial charge on any atom is 0.573 e. The van der Waals surface area contributed by atoms with Crippen molar-refractivity contribution in [1.29, 1.82) is 0 Å². The summed E-state index contributed by atoms with van der Waals surface area (Å²) in [6.45, 7) is 0. The van der Waals surface area contributed by atoms with E-state index >= 15 is 0 Å². The third-order valence-corrected chi connectivity index (χ3v) is 3.18. The highest BCUT2D eigenvalue weighted by atomic mass is 19.4. The van der Waals surface area contributed by atoms with Crippen LogP contribution in [0.1, 0.15) is 15.9 Å². The van der Waals surface area contributed by atoms with E-state index in [0.29, 0.717) is 6.07 Å². The normalized spacial score (nSPS) is 11.6. The molecular formula is C15H9F6N3O4. The van der Waals surface area contributed by atoms with Crippen LogP contribution in [0.5, 0.6) is 5.75 Å². The van der Waals surface area contributed by atoms with Crippen LogP contribution in [0.25, 0.3) is 0 Å². The number of nitrogens with one attached hydrogen (secondary N) is 2. The maximum atomic E-state index is 12.6. The van der Waals surface area contributed by atoms with Gasteiger partial charge in [-0.25, -0.2) is 0 Å².